The van der Waals surface area contributed by atoms with Crippen molar-refractivity contribution in [2.45, 2.75) is 44.3 Å². The van der Waals surface area contributed by atoms with Crippen LogP contribution < -0.4 is 10.2 Å². The smallest absolute Gasteiger partial charge is 0.254 e. The first-order valence-electron chi connectivity index (χ1n) is 9.49. The minimum atomic E-state index is -2.58. The first kappa shape index (κ1) is 19.0. The highest BCUT2D eigenvalue weighted by atomic mass is 19.3. The number of ether oxygens (including phenoxy) is 1. The van der Waals surface area contributed by atoms with Gasteiger partial charge in [-0.2, -0.15) is 15.1 Å². The van der Waals surface area contributed by atoms with Gasteiger partial charge in [-0.05, 0) is 18.9 Å². The lowest BCUT2D eigenvalue weighted by Gasteiger charge is -2.30. The molecule has 1 saturated heterocycles. The average molecular weight is 396 g/mol. The Hall–Kier alpha value is -2.36. The Morgan fingerprint density at radius 1 is 1.18 bits per heavy atom. The van der Waals surface area contributed by atoms with Crippen LogP contribution in [0.3, 0.4) is 0 Å². The van der Waals surface area contributed by atoms with Gasteiger partial charge in [0.15, 0.2) is 0 Å². The molecule has 1 saturated carbocycles. The van der Waals surface area contributed by atoms with Gasteiger partial charge in [-0.25, -0.2) is 17.9 Å². The molecule has 3 heterocycles. The number of aromatic nitrogens is 4. The second-order valence-corrected chi connectivity index (χ2v) is 7.17. The van der Waals surface area contributed by atoms with Crippen LogP contribution in [0.5, 0.6) is 0 Å². The zero-order chi connectivity index (χ0) is 19.6. The summed E-state index contributed by atoms with van der Waals surface area (Å²) in [5, 5.41) is 7.41. The summed E-state index contributed by atoms with van der Waals surface area (Å²) in [6.45, 7) is 1.93. The maximum Gasteiger partial charge on any atom is 0.254 e. The summed E-state index contributed by atoms with van der Waals surface area (Å²) in [6, 6.07) is 3.32. The molecule has 1 aliphatic heterocycles. The van der Waals surface area contributed by atoms with Crippen LogP contribution in [0.15, 0.2) is 18.3 Å². The Morgan fingerprint density at radius 3 is 2.61 bits per heavy atom. The molecule has 1 aliphatic carbocycles. The van der Waals surface area contributed by atoms with Crippen molar-refractivity contribution in [1.29, 1.82) is 0 Å². The highest BCUT2D eigenvalue weighted by molar-refractivity contribution is 5.52. The Morgan fingerprint density at radius 2 is 1.93 bits per heavy atom. The van der Waals surface area contributed by atoms with E-state index < -0.39 is 12.6 Å². The van der Waals surface area contributed by atoms with E-state index in [1.165, 1.54) is 4.68 Å². The van der Waals surface area contributed by atoms with E-state index in [0.717, 1.165) is 0 Å². The normalized spacial score (nSPS) is 20.3. The van der Waals surface area contributed by atoms with Gasteiger partial charge in [0, 0.05) is 44.2 Å². The molecule has 0 aromatic carbocycles. The second kappa shape index (κ2) is 7.94. The number of nitrogens with one attached hydrogen (secondary N) is 1. The summed E-state index contributed by atoms with van der Waals surface area (Å²) < 4.78 is 46.5. The summed E-state index contributed by atoms with van der Waals surface area (Å²) >= 11 is 0. The molecule has 0 atom stereocenters. The molecule has 152 valence electrons. The van der Waals surface area contributed by atoms with Gasteiger partial charge in [0.25, 0.3) is 5.95 Å². The fourth-order valence-electron chi connectivity index (χ4n) is 3.49. The van der Waals surface area contributed by atoms with E-state index >= 15 is 0 Å². The van der Waals surface area contributed by atoms with Gasteiger partial charge >= 0.3 is 0 Å². The molecule has 0 bridgehead atoms. The van der Waals surface area contributed by atoms with Crippen molar-refractivity contribution < 1.29 is 17.9 Å². The third-order valence-corrected chi connectivity index (χ3v) is 5.09. The molecular formula is C18H23F3N6O. The fraction of sp³-hybridized carbons (Fsp3) is 0.611. The maximum absolute atomic E-state index is 13.4. The second-order valence-electron chi connectivity index (χ2n) is 7.17. The van der Waals surface area contributed by atoms with Gasteiger partial charge in [0.2, 0.25) is 5.92 Å². The monoisotopic (exact) mass is 396 g/mol. The van der Waals surface area contributed by atoms with Crippen LogP contribution in [0.2, 0.25) is 0 Å². The zero-order valence-corrected chi connectivity index (χ0v) is 15.5. The summed E-state index contributed by atoms with van der Waals surface area (Å²) in [5.74, 6) is -1.01. The molecule has 0 amide bonds. The predicted octanol–water partition coefficient (Wildman–Crippen LogP) is 2.96. The number of rotatable bonds is 5. The first-order chi connectivity index (χ1) is 13.5. The van der Waals surface area contributed by atoms with Crippen LogP contribution >= 0.6 is 0 Å². The average Bonchev–Trinajstić information content (AvgIpc) is 3.19. The number of alkyl halides is 3. The van der Waals surface area contributed by atoms with E-state index in [0.29, 0.717) is 62.4 Å². The number of hydrogen-bond donors (Lipinski definition) is 1. The summed E-state index contributed by atoms with van der Waals surface area (Å²) in [6.07, 6.45) is 2.12. The molecule has 0 radical (unpaired) electrons. The summed E-state index contributed by atoms with van der Waals surface area (Å²) in [5.41, 5.74) is 0.296. The summed E-state index contributed by atoms with van der Waals surface area (Å²) in [7, 11) is 0. The van der Waals surface area contributed by atoms with Crippen molar-refractivity contribution in [3.63, 3.8) is 0 Å². The van der Waals surface area contributed by atoms with Gasteiger partial charge in [-0.1, -0.05) is 0 Å². The van der Waals surface area contributed by atoms with Crippen molar-refractivity contribution in [2.24, 2.45) is 0 Å². The minimum Gasteiger partial charge on any atom is -0.378 e. The van der Waals surface area contributed by atoms with E-state index in [9.17, 15) is 13.2 Å². The molecule has 2 aliphatic rings. The van der Waals surface area contributed by atoms with Crippen molar-refractivity contribution >= 4 is 11.6 Å². The van der Waals surface area contributed by atoms with E-state index in [1.807, 2.05) is 6.07 Å². The SMILES string of the molecule is FCc1ccn(-c2nc(NC3CCC(F)(F)CC3)cc(N3CCOCC3)n2)n1. The van der Waals surface area contributed by atoms with Crippen LogP contribution in [0.4, 0.5) is 24.8 Å². The van der Waals surface area contributed by atoms with Crippen LogP contribution in [0.25, 0.3) is 5.95 Å². The first-order valence-corrected chi connectivity index (χ1v) is 9.49. The lowest BCUT2D eigenvalue weighted by Crippen LogP contribution is -2.37. The van der Waals surface area contributed by atoms with Crippen LogP contribution in [-0.2, 0) is 11.4 Å². The Balaban J connectivity index is 1.59. The molecule has 0 unspecified atom stereocenters. The van der Waals surface area contributed by atoms with E-state index in [-0.39, 0.29) is 18.9 Å². The predicted molar refractivity (Wildman–Crippen MR) is 97.8 cm³/mol. The molecule has 0 spiro atoms. The molecule has 2 fully saturated rings. The van der Waals surface area contributed by atoms with E-state index in [1.54, 1.807) is 12.3 Å². The Bertz CT molecular complexity index is 798. The molecule has 1 N–H and O–H groups in total. The number of morpholine rings is 1. The Kier molecular flexibility index (Phi) is 5.38. The molecular weight excluding hydrogens is 373 g/mol. The maximum atomic E-state index is 13.4. The van der Waals surface area contributed by atoms with Gasteiger partial charge in [0.05, 0.1) is 18.9 Å². The molecule has 7 nitrogen and oxygen atoms in total. The number of hydrogen-bond acceptors (Lipinski definition) is 6. The van der Waals surface area contributed by atoms with Crippen molar-refractivity contribution in [1.82, 2.24) is 19.7 Å². The van der Waals surface area contributed by atoms with Gasteiger partial charge < -0.3 is 15.0 Å². The standard InChI is InChI=1S/C18H23F3N6O/c19-12-14-3-6-27(25-14)17-23-15(22-13-1-4-18(20,21)5-2-13)11-16(24-17)26-7-9-28-10-8-26/h3,6,11,13H,1-2,4-5,7-10,12H2,(H,22,23,24). The highest BCUT2D eigenvalue weighted by Crippen LogP contribution is 2.34. The van der Waals surface area contributed by atoms with Crippen LogP contribution in [0.1, 0.15) is 31.4 Å². The zero-order valence-electron chi connectivity index (χ0n) is 15.5. The van der Waals surface area contributed by atoms with Gasteiger partial charge in [-0.15, -0.1) is 0 Å². The molecule has 4 rings (SSSR count). The number of halogens is 3. The van der Waals surface area contributed by atoms with E-state index in [2.05, 4.69) is 25.3 Å². The van der Waals surface area contributed by atoms with Crippen molar-refractivity contribution in [3.8, 4) is 5.95 Å². The fourth-order valence-corrected chi connectivity index (χ4v) is 3.49. The molecule has 2 aromatic heterocycles. The lowest BCUT2D eigenvalue weighted by atomic mass is 9.92. The molecule has 2 aromatic rings. The molecule has 28 heavy (non-hydrogen) atoms. The van der Waals surface area contributed by atoms with Gasteiger partial charge in [-0.3, -0.25) is 0 Å². The largest absolute Gasteiger partial charge is 0.378 e. The van der Waals surface area contributed by atoms with Crippen molar-refractivity contribution in [3.05, 3.63) is 24.0 Å². The summed E-state index contributed by atoms with van der Waals surface area (Å²) in [4.78, 5) is 11.1. The number of nitrogens with zero attached hydrogens (tertiary/aromatic N) is 5. The quantitative estimate of drug-likeness (QED) is 0.838. The van der Waals surface area contributed by atoms with Crippen LogP contribution in [-0.4, -0.2) is 58.0 Å². The van der Waals surface area contributed by atoms with Crippen molar-refractivity contribution in [2.75, 3.05) is 36.5 Å². The third-order valence-electron chi connectivity index (χ3n) is 5.09. The Labute approximate surface area is 160 Å². The van der Waals surface area contributed by atoms with E-state index in [4.69, 9.17) is 4.74 Å². The topological polar surface area (TPSA) is 68.1 Å². The lowest BCUT2D eigenvalue weighted by molar-refractivity contribution is -0.0361. The molecule has 10 heteroatoms. The third kappa shape index (κ3) is 4.37. The van der Waals surface area contributed by atoms with Crippen LogP contribution in [0, 0.1) is 0 Å². The van der Waals surface area contributed by atoms with Gasteiger partial charge in [0.1, 0.15) is 18.3 Å². The number of anilines is 2. The minimum absolute atomic E-state index is 0.0704. The highest BCUT2D eigenvalue weighted by Gasteiger charge is 2.35.